The van der Waals surface area contributed by atoms with Crippen LogP contribution in [0.4, 0.5) is 0 Å². The first kappa shape index (κ1) is 18.5. The maximum Gasteiger partial charge on any atom is 0.274 e. The van der Waals surface area contributed by atoms with Gasteiger partial charge in [0, 0.05) is 30.9 Å². The highest BCUT2D eigenvalue weighted by Crippen LogP contribution is 2.30. The van der Waals surface area contributed by atoms with Crippen LogP contribution in [0, 0.1) is 5.92 Å². The lowest BCUT2D eigenvalue weighted by Gasteiger charge is -2.23. The molecule has 1 aliphatic heterocycles. The van der Waals surface area contributed by atoms with Gasteiger partial charge >= 0.3 is 0 Å². The van der Waals surface area contributed by atoms with E-state index in [2.05, 4.69) is 10.4 Å². The van der Waals surface area contributed by atoms with Gasteiger partial charge in [-0.2, -0.15) is 5.10 Å². The Hall–Kier alpha value is -1.85. The van der Waals surface area contributed by atoms with E-state index in [1.807, 2.05) is 46.1 Å². The quantitative estimate of drug-likeness (QED) is 0.791. The third-order valence-electron chi connectivity index (χ3n) is 5.52. The predicted molar refractivity (Wildman–Crippen MR) is 107 cm³/mol. The molecule has 1 aromatic heterocycles. The number of nitrogens with zero attached hydrogens (tertiary/aromatic N) is 3. The Morgan fingerprint density at radius 3 is 2.74 bits per heavy atom. The molecule has 5 nitrogen and oxygen atoms in total. The number of nitrogens with one attached hydrogen (secondary N) is 1. The Morgan fingerprint density at radius 2 is 2.04 bits per heavy atom. The summed E-state index contributed by atoms with van der Waals surface area (Å²) in [6, 6.07) is 10.1. The molecule has 6 heteroatoms. The molecule has 2 aliphatic rings. The van der Waals surface area contributed by atoms with Gasteiger partial charge in [-0.1, -0.05) is 23.7 Å². The molecule has 0 spiro atoms. The van der Waals surface area contributed by atoms with E-state index in [9.17, 15) is 4.79 Å². The van der Waals surface area contributed by atoms with Crippen LogP contribution < -0.4 is 5.32 Å². The molecule has 1 unspecified atom stereocenters. The summed E-state index contributed by atoms with van der Waals surface area (Å²) in [5.74, 6) is 0.710. The summed E-state index contributed by atoms with van der Waals surface area (Å²) in [6.45, 7) is 3.56. The number of amides is 1. The number of aromatic nitrogens is 2. The van der Waals surface area contributed by atoms with Crippen LogP contribution in [0.5, 0.6) is 0 Å². The molecule has 1 aliphatic carbocycles. The molecule has 1 N–H and O–H groups in total. The van der Waals surface area contributed by atoms with Crippen molar-refractivity contribution >= 4 is 17.5 Å². The number of hydrogen-bond donors (Lipinski definition) is 1. The molecule has 2 fully saturated rings. The standard InChI is InChI=1S/C21H27ClN4O/c22-18-7-5-16(6-8-18)9-12-25(15-17-3-4-17)21(27)20-10-13-26(24-20)19-2-1-11-23-14-19/h5-8,10,13,17,19,23H,1-4,9,11-12,14-15H2. The van der Waals surface area contributed by atoms with E-state index in [0.29, 0.717) is 17.7 Å². The van der Waals surface area contributed by atoms with Crippen LogP contribution in [0.3, 0.4) is 0 Å². The van der Waals surface area contributed by atoms with Gasteiger partial charge in [-0.25, -0.2) is 0 Å². The number of hydrogen-bond acceptors (Lipinski definition) is 3. The molecular weight excluding hydrogens is 360 g/mol. The molecular formula is C21H27ClN4O. The van der Waals surface area contributed by atoms with Crippen LogP contribution >= 0.6 is 11.6 Å². The number of piperidine rings is 1. The lowest BCUT2D eigenvalue weighted by molar-refractivity contribution is 0.0742. The maximum atomic E-state index is 13.1. The van der Waals surface area contributed by atoms with Crippen molar-refractivity contribution < 1.29 is 4.79 Å². The Bertz CT molecular complexity index is 763. The fourth-order valence-corrected chi connectivity index (χ4v) is 3.81. The second-order valence-corrected chi connectivity index (χ2v) is 8.19. The summed E-state index contributed by atoms with van der Waals surface area (Å²) < 4.78 is 1.97. The third kappa shape index (κ3) is 4.90. The van der Waals surface area contributed by atoms with Crippen LogP contribution in [-0.4, -0.2) is 46.8 Å². The van der Waals surface area contributed by atoms with Crippen molar-refractivity contribution in [3.63, 3.8) is 0 Å². The smallest absolute Gasteiger partial charge is 0.274 e. The molecule has 1 amide bonds. The summed E-state index contributed by atoms with van der Waals surface area (Å²) in [6.07, 6.45) is 7.52. The van der Waals surface area contributed by atoms with Gasteiger partial charge < -0.3 is 10.2 Å². The molecule has 0 bridgehead atoms. The lowest BCUT2D eigenvalue weighted by atomic mass is 10.1. The summed E-state index contributed by atoms with van der Waals surface area (Å²) in [4.78, 5) is 15.1. The molecule has 2 aromatic rings. The third-order valence-corrected chi connectivity index (χ3v) is 5.77. The summed E-state index contributed by atoms with van der Waals surface area (Å²) in [5.41, 5.74) is 1.77. The van der Waals surface area contributed by atoms with Crippen LogP contribution in [0.15, 0.2) is 36.5 Å². The summed E-state index contributed by atoms with van der Waals surface area (Å²) in [5, 5.41) is 8.77. The van der Waals surface area contributed by atoms with E-state index in [-0.39, 0.29) is 5.91 Å². The van der Waals surface area contributed by atoms with Gasteiger partial charge in [0.1, 0.15) is 5.69 Å². The van der Waals surface area contributed by atoms with Crippen LogP contribution in [0.25, 0.3) is 0 Å². The van der Waals surface area contributed by atoms with Gasteiger partial charge in [-0.3, -0.25) is 9.48 Å². The Kier molecular flexibility index (Phi) is 5.79. The minimum atomic E-state index is 0.0541. The fraction of sp³-hybridized carbons (Fsp3) is 0.524. The molecule has 1 saturated heterocycles. The number of halogens is 1. The second kappa shape index (κ2) is 8.44. The van der Waals surface area contributed by atoms with E-state index >= 15 is 0 Å². The molecule has 4 rings (SSSR count). The topological polar surface area (TPSA) is 50.2 Å². The monoisotopic (exact) mass is 386 g/mol. The zero-order valence-electron chi connectivity index (χ0n) is 15.6. The van der Waals surface area contributed by atoms with Gasteiger partial charge in [0.25, 0.3) is 5.91 Å². The maximum absolute atomic E-state index is 13.1. The van der Waals surface area contributed by atoms with E-state index in [4.69, 9.17) is 11.6 Å². The van der Waals surface area contributed by atoms with Gasteiger partial charge in [0.2, 0.25) is 0 Å². The Balaban J connectivity index is 1.42. The van der Waals surface area contributed by atoms with Crippen molar-refractivity contribution in [2.24, 2.45) is 5.92 Å². The van der Waals surface area contributed by atoms with E-state index in [0.717, 1.165) is 50.5 Å². The minimum absolute atomic E-state index is 0.0541. The predicted octanol–water partition coefficient (Wildman–Crippen LogP) is 3.56. The SMILES string of the molecule is O=C(c1ccn(C2CCCNC2)n1)N(CCc1ccc(Cl)cc1)CC1CC1. The summed E-state index contributed by atoms with van der Waals surface area (Å²) in [7, 11) is 0. The van der Waals surface area contributed by atoms with Crippen molar-refractivity contribution in [3.05, 3.63) is 52.8 Å². The van der Waals surface area contributed by atoms with Gasteiger partial charge in [-0.15, -0.1) is 0 Å². The molecule has 1 saturated carbocycles. The Morgan fingerprint density at radius 1 is 1.22 bits per heavy atom. The lowest BCUT2D eigenvalue weighted by Crippen LogP contribution is -2.35. The highest BCUT2D eigenvalue weighted by atomic mass is 35.5. The zero-order chi connectivity index (χ0) is 18.6. The van der Waals surface area contributed by atoms with Gasteiger partial charge in [-0.05, 0) is 68.3 Å². The van der Waals surface area contributed by atoms with Crippen molar-refractivity contribution in [1.29, 1.82) is 0 Å². The van der Waals surface area contributed by atoms with Crippen molar-refractivity contribution in [2.45, 2.75) is 38.1 Å². The highest BCUT2D eigenvalue weighted by Gasteiger charge is 2.28. The van der Waals surface area contributed by atoms with Crippen LogP contribution in [0.2, 0.25) is 5.02 Å². The zero-order valence-corrected chi connectivity index (χ0v) is 16.4. The number of benzene rings is 1. The number of carbonyl (C=O) groups excluding carboxylic acids is 1. The molecule has 1 atom stereocenters. The van der Waals surface area contributed by atoms with Crippen LogP contribution in [0.1, 0.15) is 47.8 Å². The second-order valence-electron chi connectivity index (χ2n) is 7.75. The first-order valence-electron chi connectivity index (χ1n) is 9.98. The van der Waals surface area contributed by atoms with Crippen molar-refractivity contribution in [1.82, 2.24) is 20.0 Å². The van der Waals surface area contributed by atoms with Crippen molar-refractivity contribution in [3.8, 4) is 0 Å². The highest BCUT2D eigenvalue weighted by molar-refractivity contribution is 6.30. The fourth-order valence-electron chi connectivity index (χ4n) is 3.68. The first-order chi connectivity index (χ1) is 13.2. The molecule has 144 valence electrons. The average Bonchev–Trinajstić information content (AvgIpc) is 3.38. The number of carbonyl (C=O) groups is 1. The van der Waals surface area contributed by atoms with Crippen molar-refractivity contribution in [2.75, 3.05) is 26.2 Å². The van der Waals surface area contributed by atoms with Crippen LogP contribution in [-0.2, 0) is 6.42 Å². The summed E-state index contributed by atoms with van der Waals surface area (Å²) >= 11 is 5.97. The minimum Gasteiger partial charge on any atom is -0.337 e. The molecule has 1 aromatic carbocycles. The molecule has 0 radical (unpaired) electrons. The average molecular weight is 387 g/mol. The Labute approximate surface area is 165 Å². The van der Waals surface area contributed by atoms with E-state index < -0.39 is 0 Å². The molecule has 27 heavy (non-hydrogen) atoms. The normalized spacial score (nSPS) is 19.8. The molecule has 2 heterocycles. The first-order valence-corrected chi connectivity index (χ1v) is 10.4. The van der Waals surface area contributed by atoms with Gasteiger partial charge in [0.15, 0.2) is 0 Å². The number of rotatable bonds is 7. The van der Waals surface area contributed by atoms with E-state index in [1.165, 1.54) is 18.4 Å². The largest absolute Gasteiger partial charge is 0.337 e. The van der Waals surface area contributed by atoms with Gasteiger partial charge in [0.05, 0.1) is 6.04 Å². The van der Waals surface area contributed by atoms with E-state index in [1.54, 1.807) is 0 Å².